The summed E-state index contributed by atoms with van der Waals surface area (Å²) in [6.07, 6.45) is 11.0. The summed E-state index contributed by atoms with van der Waals surface area (Å²) in [4.78, 5) is 25.7. The van der Waals surface area contributed by atoms with Crippen LogP contribution in [0, 0.1) is 17.8 Å². The van der Waals surface area contributed by atoms with E-state index in [2.05, 4.69) is 20.8 Å². The number of nitrogens with zero attached hydrogens (tertiary/aromatic N) is 1. The summed E-state index contributed by atoms with van der Waals surface area (Å²) in [7, 11) is 0. The molecule has 1 aliphatic carbocycles. The second kappa shape index (κ2) is 7.24. The highest BCUT2D eigenvalue weighted by molar-refractivity contribution is 6.13. The molecule has 0 saturated heterocycles. The lowest BCUT2D eigenvalue weighted by atomic mass is 9.81. The van der Waals surface area contributed by atoms with Crippen LogP contribution in [0.2, 0.25) is 0 Å². The fourth-order valence-corrected chi connectivity index (χ4v) is 4.56. The van der Waals surface area contributed by atoms with E-state index in [0.29, 0.717) is 17.8 Å². The predicted octanol–water partition coefficient (Wildman–Crippen LogP) is 3.93. The van der Waals surface area contributed by atoms with E-state index in [9.17, 15) is 9.59 Å². The van der Waals surface area contributed by atoms with Gasteiger partial charge in [-0.1, -0.05) is 52.9 Å². The third-order valence-electron chi connectivity index (χ3n) is 5.27. The van der Waals surface area contributed by atoms with Crippen LogP contribution in [0.5, 0.6) is 0 Å². The number of carbonyl (C=O) groups is 2. The van der Waals surface area contributed by atoms with Crippen molar-refractivity contribution in [3.8, 4) is 0 Å². The number of carbonyl (C=O) groups excluding carboxylic acids is 2. The molecule has 4 atom stereocenters. The molecule has 21 heavy (non-hydrogen) atoms. The zero-order chi connectivity index (χ0) is 15.4. The maximum atomic E-state index is 12.1. The first-order chi connectivity index (χ1) is 10.1. The van der Waals surface area contributed by atoms with Crippen LogP contribution in [0.4, 0.5) is 0 Å². The minimum atomic E-state index is -0.0986. The fourth-order valence-electron chi connectivity index (χ4n) is 4.56. The molecule has 2 amide bonds. The number of hydrogen-bond acceptors (Lipinski definition) is 2. The van der Waals surface area contributed by atoms with Crippen LogP contribution in [0.15, 0.2) is 12.2 Å². The highest BCUT2D eigenvalue weighted by Crippen LogP contribution is 2.47. The molecular formula is C18H29NO2. The van der Waals surface area contributed by atoms with Gasteiger partial charge in [0.05, 0.1) is 0 Å². The lowest BCUT2D eigenvalue weighted by Gasteiger charge is -2.30. The Bertz CT molecular complexity index is 397. The Balaban J connectivity index is 2.22. The number of rotatable bonds is 7. The molecule has 0 N–H and O–H groups in total. The molecule has 3 heteroatoms. The van der Waals surface area contributed by atoms with Gasteiger partial charge in [0, 0.05) is 18.2 Å². The van der Waals surface area contributed by atoms with E-state index in [1.165, 1.54) is 37.8 Å². The van der Waals surface area contributed by atoms with Gasteiger partial charge in [0.2, 0.25) is 0 Å². The van der Waals surface area contributed by atoms with Crippen molar-refractivity contribution in [2.75, 3.05) is 0 Å². The quantitative estimate of drug-likeness (QED) is 0.666. The summed E-state index contributed by atoms with van der Waals surface area (Å²) >= 11 is 0. The van der Waals surface area contributed by atoms with Crippen LogP contribution >= 0.6 is 0 Å². The highest BCUT2D eigenvalue weighted by atomic mass is 16.2. The maximum absolute atomic E-state index is 12.1. The first-order valence-corrected chi connectivity index (χ1v) is 8.69. The van der Waals surface area contributed by atoms with Gasteiger partial charge >= 0.3 is 0 Å². The minimum Gasteiger partial charge on any atom is -0.272 e. The normalized spacial score (nSPS) is 32.4. The van der Waals surface area contributed by atoms with E-state index in [0.717, 1.165) is 19.3 Å². The first-order valence-electron chi connectivity index (χ1n) is 8.69. The molecule has 0 aromatic heterocycles. The van der Waals surface area contributed by atoms with E-state index in [1.807, 2.05) is 0 Å². The van der Waals surface area contributed by atoms with Gasteiger partial charge in [-0.2, -0.15) is 0 Å². The van der Waals surface area contributed by atoms with Gasteiger partial charge in [0.25, 0.3) is 11.8 Å². The van der Waals surface area contributed by atoms with Crippen molar-refractivity contribution in [1.82, 2.24) is 4.90 Å². The molecular weight excluding hydrogens is 262 g/mol. The second-order valence-electron chi connectivity index (χ2n) is 6.64. The lowest BCUT2D eigenvalue weighted by molar-refractivity contribution is -0.140. The largest absolute Gasteiger partial charge is 0.272 e. The van der Waals surface area contributed by atoms with Crippen LogP contribution < -0.4 is 0 Å². The monoisotopic (exact) mass is 291 g/mol. The van der Waals surface area contributed by atoms with Gasteiger partial charge in [0.1, 0.15) is 0 Å². The van der Waals surface area contributed by atoms with Crippen molar-refractivity contribution in [2.45, 2.75) is 71.8 Å². The van der Waals surface area contributed by atoms with E-state index >= 15 is 0 Å². The Morgan fingerprint density at radius 3 is 1.95 bits per heavy atom. The molecule has 1 aliphatic heterocycles. The molecule has 0 aromatic rings. The van der Waals surface area contributed by atoms with Crippen LogP contribution in [0.25, 0.3) is 0 Å². The van der Waals surface area contributed by atoms with Crippen molar-refractivity contribution in [2.24, 2.45) is 17.8 Å². The summed E-state index contributed by atoms with van der Waals surface area (Å²) in [6.45, 7) is 6.69. The Morgan fingerprint density at radius 1 is 0.905 bits per heavy atom. The fraction of sp³-hybridized carbons (Fsp3) is 0.778. The van der Waals surface area contributed by atoms with Crippen LogP contribution in [0.3, 0.4) is 0 Å². The molecule has 2 rings (SSSR count). The van der Waals surface area contributed by atoms with Gasteiger partial charge < -0.3 is 0 Å². The molecule has 3 nitrogen and oxygen atoms in total. The molecule has 1 fully saturated rings. The third-order valence-corrected chi connectivity index (χ3v) is 5.27. The average molecular weight is 291 g/mol. The van der Waals surface area contributed by atoms with E-state index < -0.39 is 0 Å². The average Bonchev–Trinajstić information content (AvgIpc) is 2.94. The van der Waals surface area contributed by atoms with Gasteiger partial charge in [-0.15, -0.1) is 0 Å². The van der Waals surface area contributed by atoms with E-state index in [4.69, 9.17) is 0 Å². The molecule has 1 heterocycles. The highest BCUT2D eigenvalue weighted by Gasteiger charge is 2.47. The third kappa shape index (κ3) is 3.22. The van der Waals surface area contributed by atoms with E-state index in [1.54, 1.807) is 4.90 Å². The van der Waals surface area contributed by atoms with Gasteiger partial charge in [-0.25, -0.2) is 0 Å². The summed E-state index contributed by atoms with van der Waals surface area (Å²) in [5, 5.41) is 0. The molecule has 4 unspecified atom stereocenters. The smallest absolute Gasteiger partial charge is 0.253 e. The van der Waals surface area contributed by atoms with Crippen molar-refractivity contribution in [3.63, 3.8) is 0 Å². The van der Waals surface area contributed by atoms with Crippen molar-refractivity contribution < 1.29 is 9.59 Å². The van der Waals surface area contributed by atoms with Crippen LogP contribution in [0.1, 0.15) is 65.7 Å². The van der Waals surface area contributed by atoms with E-state index in [-0.39, 0.29) is 17.9 Å². The van der Waals surface area contributed by atoms with Crippen molar-refractivity contribution in [3.05, 3.63) is 12.2 Å². The van der Waals surface area contributed by atoms with Crippen LogP contribution in [-0.2, 0) is 9.59 Å². The van der Waals surface area contributed by atoms with Gasteiger partial charge in [-0.05, 0) is 30.6 Å². The second-order valence-corrected chi connectivity index (χ2v) is 6.64. The number of imide groups is 1. The number of hydrogen-bond donors (Lipinski definition) is 0. The van der Waals surface area contributed by atoms with Crippen molar-refractivity contribution in [1.29, 1.82) is 0 Å². The molecule has 0 spiro atoms. The van der Waals surface area contributed by atoms with Gasteiger partial charge in [0.15, 0.2) is 0 Å². The molecule has 0 bridgehead atoms. The Labute approximate surface area is 128 Å². The maximum Gasteiger partial charge on any atom is 0.253 e. The first kappa shape index (κ1) is 16.3. The Kier molecular flexibility index (Phi) is 5.60. The Hall–Kier alpha value is -1.12. The van der Waals surface area contributed by atoms with Gasteiger partial charge in [-0.3, -0.25) is 14.5 Å². The minimum absolute atomic E-state index is 0.0986. The number of amides is 2. The Morgan fingerprint density at radius 2 is 1.43 bits per heavy atom. The predicted molar refractivity (Wildman–Crippen MR) is 84.6 cm³/mol. The molecule has 2 aliphatic rings. The lowest BCUT2D eigenvalue weighted by Crippen LogP contribution is -2.43. The summed E-state index contributed by atoms with van der Waals surface area (Å²) in [5.74, 6) is 1.66. The standard InChI is InChI=1S/C18H29NO2/c1-4-7-13-12-16(19-17(20)10-11-18(19)21)15(9-6-3)14(13)8-5-2/h10-11,13-16H,4-9,12H2,1-3H3. The molecule has 118 valence electrons. The molecule has 1 saturated carbocycles. The summed E-state index contributed by atoms with van der Waals surface area (Å²) in [6, 6.07) is 0.132. The summed E-state index contributed by atoms with van der Waals surface area (Å²) < 4.78 is 0. The van der Waals surface area contributed by atoms with Crippen molar-refractivity contribution >= 4 is 11.8 Å². The summed E-state index contributed by atoms with van der Waals surface area (Å²) in [5.41, 5.74) is 0. The zero-order valence-electron chi connectivity index (χ0n) is 13.7. The zero-order valence-corrected chi connectivity index (χ0v) is 13.7. The topological polar surface area (TPSA) is 37.4 Å². The SMILES string of the molecule is CCCC1CC(N2C(=O)C=CC2=O)C(CCC)C1CCC. The molecule has 0 aromatic carbocycles. The van der Waals surface area contributed by atoms with Crippen LogP contribution in [-0.4, -0.2) is 22.8 Å². The molecule has 0 radical (unpaired) electrons.